The molecule has 5 nitrogen and oxygen atoms in total. The number of rotatable bonds is 9. The number of nitrogens with one attached hydrogen (secondary N) is 1. The molecule has 0 amide bonds. The van der Waals surface area contributed by atoms with E-state index in [4.69, 9.17) is 50.0 Å². The molecule has 0 bridgehead atoms. The molecule has 0 aliphatic rings. The van der Waals surface area contributed by atoms with Crippen LogP contribution in [0.5, 0.6) is 5.75 Å². The third-order valence-electron chi connectivity index (χ3n) is 2.55. The zero-order valence-corrected chi connectivity index (χ0v) is 17.4. The van der Waals surface area contributed by atoms with Crippen LogP contribution in [0.4, 0.5) is 0 Å². The number of hydrogen-bond donors (Lipinski definition) is 2. The Morgan fingerprint density at radius 2 is 1.87 bits per heavy atom. The molecule has 132 valence electrons. The lowest BCUT2D eigenvalue weighted by Gasteiger charge is -2.11. The molecule has 0 aromatic heterocycles. The van der Waals surface area contributed by atoms with Crippen molar-refractivity contribution in [3.63, 3.8) is 0 Å². The lowest BCUT2D eigenvalue weighted by molar-refractivity contribution is 0.146. The lowest BCUT2D eigenvalue weighted by atomic mass is 10.3. The minimum atomic E-state index is 0. The van der Waals surface area contributed by atoms with Gasteiger partial charge in [-0.05, 0) is 25.5 Å². The number of hydrogen-bond acceptors (Lipinski definition) is 3. The van der Waals surface area contributed by atoms with Gasteiger partial charge in [0.05, 0.1) is 16.6 Å². The summed E-state index contributed by atoms with van der Waals surface area (Å²) < 4.78 is 10.7. The Balaban J connectivity index is 0.00000484. The largest absolute Gasteiger partial charge is 0.489 e. The second kappa shape index (κ2) is 13.2. The Bertz CT molecular complexity index is 481. The van der Waals surface area contributed by atoms with Gasteiger partial charge in [-0.2, -0.15) is 0 Å². The van der Waals surface area contributed by atoms with Gasteiger partial charge in [-0.1, -0.05) is 34.8 Å². The van der Waals surface area contributed by atoms with E-state index in [0.717, 1.165) is 6.42 Å². The van der Waals surface area contributed by atoms with Crippen molar-refractivity contribution in [1.82, 2.24) is 5.32 Å². The molecule has 3 N–H and O–H groups in total. The first-order valence-corrected chi connectivity index (χ1v) is 8.06. The Morgan fingerprint density at radius 1 is 1.22 bits per heavy atom. The van der Waals surface area contributed by atoms with Gasteiger partial charge in [0.2, 0.25) is 0 Å². The molecule has 0 aliphatic carbocycles. The van der Waals surface area contributed by atoms with E-state index in [1.807, 2.05) is 6.92 Å². The third kappa shape index (κ3) is 9.66. The van der Waals surface area contributed by atoms with E-state index >= 15 is 0 Å². The summed E-state index contributed by atoms with van der Waals surface area (Å²) >= 11 is 17.9. The van der Waals surface area contributed by atoms with Crippen LogP contribution in [0.1, 0.15) is 13.3 Å². The van der Waals surface area contributed by atoms with E-state index in [9.17, 15) is 0 Å². The number of guanidine groups is 1. The number of nitrogens with zero attached hydrogens (tertiary/aromatic N) is 1. The van der Waals surface area contributed by atoms with Crippen molar-refractivity contribution in [1.29, 1.82) is 0 Å². The van der Waals surface area contributed by atoms with Gasteiger partial charge in [0.15, 0.2) is 11.7 Å². The number of halogens is 4. The van der Waals surface area contributed by atoms with Gasteiger partial charge in [-0.15, -0.1) is 24.0 Å². The van der Waals surface area contributed by atoms with Crippen molar-refractivity contribution >= 4 is 64.7 Å². The van der Waals surface area contributed by atoms with Gasteiger partial charge < -0.3 is 20.5 Å². The number of aliphatic imine (C=N–C) groups is 1. The smallest absolute Gasteiger partial charge is 0.188 e. The fraction of sp³-hybridized carbons (Fsp3) is 0.500. The fourth-order valence-corrected chi connectivity index (χ4v) is 2.49. The fourth-order valence-electron chi connectivity index (χ4n) is 1.57. The van der Waals surface area contributed by atoms with E-state index in [-0.39, 0.29) is 24.0 Å². The average molecular weight is 497 g/mol. The predicted octanol–water partition coefficient (Wildman–Crippen LogP) is 3.97. The molecule has 1 aromatic carbocycles. The second-order valence-electron chi connectivity index (χ2n) is 4.29. The molecule has 9 heteroatoms. The van der Waals surface area contributed by atoms with Crippen LogP contribution < -0.4 is 15.8 Å². The highest BCUT2D eigenvalue weighted by Gasteiger charge is 2.08. The predicted molar refractivity (Wildman–Crippen MR) is 108 cm³/mol. The minimum absolute atomic E-state index is 0. The summed E-state index contributed by atoms with van der Waals surface area (Å²) in [6, 6.07) is 3.15. The quantitative estimate of drug-likeness (QED) is 0.235. The maximum Gasteiger partial charge on any atom is 0.188 e. The zero-order valence-electron chi connectivity index (χ0n) is 12.8. The van der Waals surface area contributed by atoms with E-state index in [1.54, 1.807) is 12.1 Å². The molecular formula is C14H21Cl3IN3O2. The molecule has 23 heavy (non-hydrogen) atoms. The van der Waals surface area contributed by atoms with Crippen LogP contribution in [-0.4, -0.2) is 38.9 Å². The summed E-state index contributed by atoms with van der Waals surface area (Å²) in [7, 11) is 0. The topological polar surface area (TPSA) is 68.9 Å². The highest BCUT2D eigenvalue weighted by molar-refractivity contribution is 14.0. The van der Waals surface area contributed by atoms with Crippen LogP contribution in [0.3, 0.4) is 0 Å². The molecule has 0 saturated heterocycles. The number of ether oxygens (including phenoxy) is 2. The molecule has 0 aliphatic heterocycles. The highest BCUT2D eigenvalue weighted by Crippen LogP contribution is 2.35. The van der Waals surface area contributed by atoms with E-state index in [2.05, 4.69) is 10.3 Å². The summed E-state index contributed by atoms with van der Waals surface area (Å²) in [5, 5.41) is 4.15. The molecule has 0 fully saturated rings. The molecule has 0 radical (unpaired) electrons. The Morgan fingerprint density at radius 3 is 2.48 bits per heavy atom. The average Bonchev–Trinajstić information content (AvgIpc) is 2.45. The normalized spacial score (nSPS) is 11.0. The SMILES string of the molecule is CCOCCCN=C(N)NCCOc1c(Cl)cc(Cl)cc1Cl.I. The molecule has 1 aromatic rings. The van der Waals surface area contributed by atoms with Gasteiger partial charge in [0, 0.05) is 24.8 Å². The van der Waals surface area contributed by atoms with Gasteiger partial charge in [0.25, 0.3) is 0 Å². The van der Waals surface area contributed by atoms with E-state index < -0.39 is 0 Å². The Hall–Kier alpha value is -0.150. The Labute approximate surface area is 168 Å². The van der Waals surface area contributed by atoms with Gasteiger partial charge in [-0.25, -0.2) is 0 Å². The first-order valence-electron chi connectivity index (χ1n) is 6.93. The zero-order chi connectivity index (χ0) is 16.4. The molecule has 0 heterocycles. The molecule has 0 atom stereocenters. The van der Waals surface area contributed by atoms with Crippen molar-refractivity contribution in [2.24, 2.45) is 10.7 Å². The minimum Gasteiger partial charge on any atom is -0.489 e. The summed E-state index contributed by atoms with van der Waals surface area (Å²) in [6.07, 6.45) is 0.836. The van der Waals surface area contributed by atoms with Crippen molar-refractivity contribution in [2.45, 2.75) is 13.3 Å². The van der Waals surface area contributed by atoms with E-state index in [0.29, 0.717) is 59.7 Å². The summed E-state index contributed by atoms with van der Waals surface area (Å²) in [6.45, 7) is 4.80. The van der Waals surface area contributed by atoms with Gasteiger partial charge >= 0.3 is 0 Å². The van der Waals surface area contributed by atoms with Crippen LogP contribution >= 0.6 is 58.8 Å². The maximum absolute atomic E-state index is 6.01. The molecule has 0 saturated carbocycles. The first kappa shape index (κ1) is 22.9. The molecular weight excluding hydrogens is 475 g/mol. The molecule has 0 unspecified atom stereocenters. The van der Waals surface area contributed by atoms with Crippen LogP contribution in [0.2, 0.25) is 15.1 Å². The monoisotopic (exact) mass is 495 g/mol. The summed E-state index contributed by atoms with van der Waals surface area (Å²) in [5.74, 6) is 0.773. The number of nitrogens with two attached hydrogens (primary N) is 1. The lowest BCUT2D eigenvalue weighted by Crippen LogP contribution is -2.34. The standard InChI is InChI=1S/C14H20Cl3N3O2.HI/c1-2-21-6-3-4-19-14(18)20-5-7-22-13-11(16)8-10(15)9-12(13)17;/h8-9H,2-7H2,1H3,(H3,18,19,20);1H. The van der Waals surface area contributed by atoms with Gasteiger partial charge in [0.1, 0.15) is 6.61 Å². The third-order valence-corrected chi connectivity index (χ3v) is 3.33. The van der Waals surface area contributed by atoms with Crippen molar-refractivity contribution in [2.75, 3.05) is 32.9 Å². The van der Waals surface area contributed by atoms with Crippen molar-refractivity contribution in [3.05, 3.63) is 27.2 Å². The van der Waals surface area contributed by atoms with Crippen molar-refractivity contribution in [3.8, 4) is 5.75 Å². The number of benzene rings is 1. The first-order chi connectivity index (χ1) is 10.5. The van der Waals surface area contributed by atoms with Crippen molar-refractivity contribution < 1.29 is 9.47 Å². The van der Waals surface area contributed by atoms with Crippen LogP contribution in [-0.2, 0) is 4.74 Å². The molecule has 1 rings (SSSR count). The van der Waals surface area contributed by atoms with Crippen LogP contribution in [0, 0.1) is 0 Å². The van der Waals surface area contributed by atoms with Crippen LogP contribution in [0.25, 0.3) is 0 Å². The second-order valence-corrected chi connectivity index (χ2v) is 5.54. The molecule has 0 spiro atoms. The van der Waals surface area contributed by atoms with E-state index in [1.165, 1.54) is 0 Å². The maximum atomic E-state index is 6.01. The summed E-state index contributed by atoms with van der Waals surface area (Å²) in [4.78, 5) is 4.17. The summed E-state index contributed by atoms with van der Waals surface area (Å²) in [5.41, 5.74) is 5.72. The Kier molecular flexibility index (Phi) is 13.1. The van der Waals surface area contributed by atoms with Gasteiger partial charge in [-0.3, -0.25) is 4.99 Å². The highest BCUT2D eigenvalue weighted by atomic mass is 127. The van der Waals surface area contributed by atoms with Crippen LogP contribution in [0.15, 0.2) is 17.1 Å².